The Kier molecular flexibility index (Phi) is 9.50. The molecule has 0 unspecified atom stereocenters. The SMILES string of the molecule is CCC(CC)O[C@@H](/C=C(\C)C(=O)OC)[C@@H](O)COS(C)(=O)=O. The molecule has 0 aliphatic rings. The number of hydrogen-bond acceptors (Lipinski definition) is 7. The summed E-state index contributed by atoms with van der Waals surface area (Å²) in [5.41, 5.74) is 0.261. The molecule has 0 saturated carbocycles. The van der Waals surface area contributed by atoms with Crippen LogP contribution in [-0.2, 0) is 28.6 Å². The van der Waals surface area contributed by atoms with Gasteiger partial charge in [0.25, 0.3) is 10.1 Å². The van der Waals surface area contributed by atoms with Crippen LogP contribution in [0.1, 0.15) is 33.6 Å². The summed E-state index contributed by atoms with van der Waals surface area (Å²) in [5, 5.41) is 10.1. The third kappa shape index (κ3) is 8.47. The molecular weight excluding hydrogens is 312 g/mol. The molecule has 0 aromatic heterocycles. The molecule has 0 saturated heterocycles. The van der Waals surface area contributed by atoms with Crippen LogP contribution < -0.4 is 0 Å². The van der Waals surface area contributed by atoms with Crippen LogP contribution in [-0.4, -0.2) is 57.8 Å². The van der Waals surface area contributed by atoms with Crippen LogP contribution in [0.3, 0.4) is 0 Å². The maximum absolute atomic E-state index is 11.5. The lowest BCUT2D eigenvalue weighted by Crippen LogP contribution is -2.35. The van der Waals surface area contributed by atoms with Gasteiger partial charge in [-0.25, -0.2) is 4.79 Å². The highest BCUT2D eigenvalue weighted by atomic mass is 32.2. The predicted octanol–water partition coefficient (Wildman–Crippen LogP) is 1.02. The molecule has 2 atom stereocenters. The molecule has 0 spiro atoms. The third-order valence-corrected chi connectivity index (χ3v) is 3.58. The lowest BCUT2D eigenvalue weighted by Gasteiger charge is -2.25. The van der Waals surface area contributed by atoms with Gasteiger partial charge in [0.1, 0.15) is 12.2 Å². The Hall–Kier alpha value is -0.960. The minimum atomic E-state index is -3.67. The molecule has 0 aromatic rings. The first kappa shape index (κ1) is 21.0. The van der Waals surface area contributed by atoms with Gasteiger partial charge in [0, 0.05) is 5.57 Å². The highest BCUT2D eigenvalue weighted by Gasteiger charge is 2.24. The second-order valence-electron chi connectivity index (χ2n) is 4.94. The van der Waals surface area contributed by atoms with Crippen LogP contribution >= 0.6 is 0 Å². The van der Waals surface area contributed by atoms with Crippen LogP contribution in [0.15, 0.2) is 11.6 Å². The van der Waals surface area contributed by atoms with E-state index in [1.165, 1.54) is 20.1 Å². The monoisotopic (exact) mass is 338 g/mol. The largest absolute Gasteiger partial charge is 0.466 e. The maximum atomic E-state index is 11.5. The van der Waals surface area contributed by atoms with Gasteiger partial charge in [0.15, 0.2) is 0 Å². The van der Waals surface area contributed by atoms with Crippen molar-refractivity contribution in [2.24, 2.45) is 0 Å². The Labute approximate surface area is 132 Å². The average Bonchev–Trinajstić information content (AvgIpc) is 2.46. The van der Waals surface area contributed by atoms with Crippen molar-refractivity contribution < 1.29 is 32.0 Å². The van der Waals surface area contributed by atoms with Crippen LogP contribution in [0.4, 0.5) is 0 Å². The molecule has 130 valence electrons. The highest BCUT2D eigenvalue weighted by Crippen LogP contribution is 2.14. The minimum Gasteiger partial charge on any atom is -0.466 e. The van der Waals surface area contributed by atoms with Crippen molar-refractivity contribution in [1.29, 1.82) is 0 Å². The van der Waals surface area contributed by atoms with Gasteiger partial charge in [0.05, 0.1) is 26.1 Å². The fraction of sp³-hybridized carbons (Fsp3) is 0.786. The lowest BCUT2D eigenvalue weighted by atomic mass is 10.1. The summed E-state index contributed by atoms with van der Waals surface area (Å²) < 4.78 is 36.9. The van der Waals surface area contributed by atoms with Crippen molar-refractivity contribution in [2.45, 2.75) is 51.9 Å². The first-order chi connectivity index (χ1) is 10.1. The number of carbonyl (C=O) groups excluding carboxylic acids is 1. The second kappa shape index (κ2) is 9.94. The molecule has 8 heteroatoms. The lowest BCUT2D eigenvalue weighted by molar-refractivity contribution is -0.136. The first-order valence-corrected chi connectivity index (χ1v) is 8.90. The van der Waals surface area contributed by atoms with Crippen molar-refractivity contribution in [2.75, 3.05) is 20.0 Å². The topological polar surface area (TPSA) is 99.1 Å². The van der Waals surface area contributed by atoms with Crippen molar-refractivity contribution in [3.05, 3.63) is 11.6 Å². The number of rotatable bonds is 10. The Morgan fingerprint density at radius 3 is 2.23 bits per heavy atom. The molecule has 0 aliphatic heterocycles. The Morgan fingerprint density at radius 2 is 1.82 bits per heavy atom. The molecule has 0 heterocycles. The summed E-state index contributed by atoms with van der Waals surface area (Å²) in [7, 11) is -2.42. The van der Waals surface area contributed by atoms with E-state index in [-0.39, 0.29) is 11.7 Å². The zero-order chi connectivity index (χ0) is 17.3. The zero-order valence-electron chi connectivity index (χ0n) is 13.7. The van der Waals surface area contributed by atoms with E-state index in [0.717, 1.165) is 19.1 Å². The molecule has 0 fully saturated rings. The van der Waals surface area contributed by atoms with Crippen LogP contribution in [0.2, 0.25) is 0 Å². The van der Waals surface area contributed by atoms with Gasteiger partial charge in [-0.05, 0) is 25.8 Å². The molecule has 22 heavy (non-hydrogen) atoms. The third-order valence-electron chi connectivity index (χ3n) is 3.01. The van der Waals surface area contributed by atoms with Gasteiger partial charge in [-0.3, -0.25) is 4.18 Å². The number of hydrogen-bond donors (Lipinski definition) is 1. The van der Waals surface area contributed by atoms with E-state index in [0.29, 0.717) is 0 Å². The summed E-state index contributed by atoms with van der Waals surface area (Å²) in [6.45, 7) is 4.94. The second-order valence-corrected chi connectivity index (χ2v) is 6.58. The number of ether oxygens (including phenoxy) is 2. The Balaban J connectivity index is 5.10. The Morgan fingerprint density at radius 1 is 1.27 bits per heavy atom. The van der Waals surface area contributed by atoms with Gasteiger partial charge in [0.2, 0.25) is 0 Å². The van der Waals surface area contributed by atoms with Gasteiger partial charge in [-0.15, -0.1) is 0 Å². The zero-order valence-corrected chi connectivity index (χ0v) is 14.6. The summed E-state index contributed by atoms with van der Waals surface area (Å²) in [5.74, 6) is -0.547. The van der Waals surface area contributed by atoms with E-state index in [1.807, 2.05) is 13.8 Å². The van der Waals surface area contributed by atoms with E-state index in [1.54, 1.807) is 0 Å². The van der Waals surface area contributed by atoms with Crippen LogP contribution in [0.25, 0.3) is 0 Å². The quantitative estimate of drug-likeness (QED) is 0.360. The van der Waals surface area contributed by atoms with Crippen molar-refractivity contribution >= 4 is 16.1 Å². The molecule has 0 rings (SSSR count). The number of esters is 1. The van der Waals surface area contributed by atoms with Gasteiger partial charge < -0.3 is 14.6 Å². The van der Waals surface area contributed by atoms with E-state index in [9.17, 15) is 18.3 Å². The van der Waals surface area contributed by atoms with E-state index in [4.69, 9.17) is 4.74 Å². The normalized spacial score (nSPS) is 15.7. The van der Waals surface area contributed by atoms with E-state index in [2.05, 4.69) is 8.92 Å². The summed E-state index contributed by atoms with van der Waals surface area (Å²) in [6.07, 6.45) is 1.53. The summed E-state index contributed by atoms with van der Waals surface area (Å²) in [4.78, 5) is 11.5. The maximum Gasteiger partial charge on any atom is 0.333 e. The molecule has 0 radical (unpaired) electrons. The highest BCUT2D eigenvalue weighted by molar-refractivity contribution is 7.85. The molecule has 0 bridgehead atoms. The smallest absolute Gasteiger partial charge is 0.333 e. The minimum absolute atomic E-state index is 0.125. The van der Waals surface area contributed by atoms with Gasteiger partial charge in [-0.2, -0.15) is 8.42 Å². The molecule has 1 N–H and O–H groups in total. The van der Waals surface area contributed by atoms with E-state index >= 15 is 0 Å². The molecule has 0 aromatic carbocycles. The average molecular weight is 338 g/mol. The number of aliphatic hydroxyl groups is 1. The standard InChI is InChI=1S/C14H26O7S/c1-6-11(7-2)21-13(8-10(3)14(16)19-4)12(15)9-20-22(5,17)18/h8,11-13,15H,6-7,9H2,1-5H3/b10-8+/t12-,13-/m0/s1. The summed E-state index contributed by atoms with van der Waals surface area (Å²) in [6, 6.07) is 0. The fourth-order valence-corrected chi connectivity index (χ4v) is 2.09. The number of carbonyl (C=O) groups is 1. The molecule has 0 aliphatic carbocycles. The fourth-order valence-electron chi connectivity index (χ4n) is 1.71. The van der Waals surface area contributed by atoms with E-state index < -0.39 is 34.9 Å². The number of aliphatic hydroxyl groups excluding tert-OH is 1. The number of methoxy groups -OCH3 is 1. The van der Waals surface area contributed by atoms with Crippen LogP contribution in [0.5, 0.6) is 0 Å². The molecule has 0 amide bonds. The van der Waals surface area contributed by atoms with Crippen molar-refractivity contribution in [1.82, 2.24) is 0 Å². The molecule has 7 nitrogen and oxygen atoms in total. The first-order valence-electron chi connectivity index (χ1n) is 7.09. The predicted molar refractivity (Wildman–Crippen MR) is 81.8 cm³/mol. The van der Waals surface area contributed by atoms with Crippen LogP contribution in [0, 0.1) is 0 Å². The summed E-state index contributed by atoms with van der Waals surface area (Å²) >= 11 is 0. The Bertz CT molecular complexity index is 466. The van der Waals surface area contributed by atoms with Crippen molar-refractivity contribution in [3.63, 3.8) is 0 Å². The molecular formula is C14H26O7S. The van der Waals surface area contributed by atoms with Gasteiger partial charge >= 0.3 is 5.97 Å². The van der Waals surface area contributed by atoms with Crippen molar-refractivity contribution in [3.8, 4) is 0 Å². The van der Waals surface area contributed by atoms with Gasteiger partial charge in [-0.1, -0.05) is 13.8 Å².